The molecule has 0 saturated carbocycles. The van der Waals surface area contributed by atoms with Crippen LogP contribution in [0.1, 0.15) is 18.0 Å². The summed E-state index contributed by atoms with van der Waals surface area (Å²) in [4.78, 5) is 12.1. The van der Waals surface area contributed by atoms with Crippen LogP contribution in [0.2, 0.25) is 0 Å². The van der Waals surface area contributed by atoms with E-state index in [1.807, 2.05) is 30.3 Å². The van der Waals surface area contributed by atoms with E-state index in [1.165, 1.54) is 12.1 Å². The van der Waals surface area contributed by atoms with Gasteiger partial charge in [0.05, 0.1) is 10.6 Å². The first-order valence-electron chi connectivity index (χ1n) is 8.65. The maximum atomic E-state index is 12.5. The Morgan fingerprint density at radius 2 is 1.75 bits per heavy atom. The van der Waals surface area contributed by atoms with Crippen molar-refractivity contribution in [3.05, 3.63) is 54.1 Å². The monoisotopic (exact) mass is 426 g/mol. The Labute approximate surface area is 170 Å². The average Bonchev–Trinajstić information content (AvgIpc) is 2.70. The molecule has 0 saturated heterocycles. The molecule has 2 aromatic carbocycles. The minimum absolute atomic E-state index is 0. The molecule has 1 aliphatic rings. The molecule has 152 valence electrons. The molecule has 0 spiro atoms. The summed E-state index contributed by atoms with van der Waals surface area (Å²) in [5, 5.41) is 2.68. The fraction of sp³-hybridized carbons (Fsp3) is 0.316. The van der Waals surface area contributed by atoms with E-state index in [4.69, 9.17) is 15.2 Å². The second-order valence-corrected chi connectivity index (χ2v) is 8.30. The Kier molecular flexibility index (Phi) is 7.68. The fourth-order valence-corrected chi connectivity index (χ4v) is 3.94. The van der Waals surface area contributed by atoms with Crippen molar-refractivity contribution < 1.29 is 22.7 Å². The molecule has 0 bridgehead atoms. The zero-order chi connectivity index (χ0) is 19.3. The lowest BCUT2D eigenvalue weighted by molar-refractivity contribution is -0.120. The summed E-state index contributed by atoms with van der Waals surface area (Å²) in [5.74, 6) is 0.273. The minimum atomic E-state index is -3.61. The van der Waals surface area contributed by atoms with E-state index in [0.29, 0.717) is 24.7 Å². The predicted octanol–water partition coefficient (Wildman–Crippen LogP) is 1.86. The Morgan fingerprint density at radius 3 is 2.46 bits per heavy atom. The Hall–Kier alpha value is -2.29. The van der Waals surface area contributed by atoms with Crippen molar-refractivity contribution in [3.63, 3.8) is 0 Å². The van der Waals surface area contributed by atoms with Gasteiger partial charge < -0.3 is 20.5 Å². The molecule has 0 radical (unpaired) electrons. The first-order valence-corrected chi connectivity index (χ1v) is 10.3. The van der Waals surface area contributed by atoms with E-state index in [-0.39, 0.29) is 48.0 Å². The van der Waals surface area contributed by atoms with Crippen LogP contribution in [0, 0.1) is 0 Å². The lowest BCUT2D eigenvalue weighted by Crippen LogP contribution is -2.32. The number of nitrogens with one attached hydrogen (secondary N) is 1. The molecule has 2 aromatic rings. The number of halogens is 1. The maximum absolute atomic E-state index is 12.5. The number of benzene rings is 2. The van der Waals surface area contributed by atoms with Crippen LogP contribution in [0.5, 0.6) is 11.5 Å². The summed E-state index contributed by atoms with van der Waals surface area (Å²) in [6.07, 6.45) is -0.141. The third kappa shape index (κ3) is 5.60. The van der Waals surface area contributed by atoms with E-state index in [1.54, 1.807) is 6.07 Å². The highest BCUT2D eigenvalue weighted by atomic mass is 35.5. The smallest absolute Gasteiger partial charge is 0.221 e. The molecule has 1 heterocycles. The molecule has 9 heteroatoms. The van der Waals surface area contributed by atoms with Gasteiger partial charge in [0.25, 0.3) is 0 Å². The molecular weight excluding hydrogens is 404 g/mol. The van der Waals surface area contributed by atoms with Gasteiger partial charge >= 0.3 is 0 Å². The van der Waals surface area contributed by atoms with Crippen LogP contribution in [0.3, 0.4) is 0 Å². The van der Waals surface area contributed by atoms with Crippen LogP contribution >= 0.6 is 12.4 Å². The normalized spacial score (nSPS) is 13.9. The van der Waals surface area contributed by atoms with E-state index in [9.17, 15) is 13.2 Å². The number of hydrogen-bond donors (Lipinski definition) is 2. The molecule has 1 aliphatic heterocycles. The third-order valence-electron chi connectivity index (χ3n) is 4.22. The van der Waals surface area contributed by atoms with Gasteiger partial charge in [-0.25, -0.2) is 8.42 Å². The van der Waals surface area contributed by atoms with Crippen molar-refractivity contribution >= 4 is 28.2 Å². The lowest BCUT2D eigenvalue weighted by Gasteiger charge is -2.18. The van der Waals surface area contributed by atoms with Gasteiger partial charge in [-0.3, -0.25) is 4.79 Å². The minimum Gasteiger partial charge on any atom is -0.486 e. The number of ether oxygens (including phenoxy) is 2. The van der Waals surface area contributed by atoms with Crippen molar-refractivity contribution in [1.29, 1.82) is 0 Å². The molecule has 7 nitrogen and oxygen atoms in total. The Balaban J connectivity index is 0.00000280. The molecule has 1 amide bonds. The molecule has 1 atom stereocenters. The van der Waals surface area contributed by atoms with Gasteiger partial charge in [-0.2, -0.15) is 0 Å². The first-order chi connectivity index (χ1) is 13.0. The number of carbonyl (C=O) groups is 1. The second kappa shape index (κ2) is 9.77. The number of hydrogen-bond acceptors (Lipinski definition) is 6. The van der Waals surface area contributed by atoms with Crippen molar-refractivity contribution in [1.82, 2.24) is 5.32 Å². The summed E-state index contributed by atoms with van der Waals surface area (Å²) in [7, 11) is -3.61. The second-order valence-electron chi connectivity index (χ2n) is 6.20. The van der Waals surface area contributed by atoms with Gasteiger partial charge in [0, 0.05) is 25.1 Å². The van der Waals surface area contributed by atoms with Crippen molar-refractivity contribution in [3.8, 4) is 11.5 Å². The van der Waals surface area contributed by atoms with Crippen molar-refractivity contribution in [2.45, 2.75) is 17.4 Å². The van der Waals surface area contributed by atoms with E-state index in [2.05, 4.69) is 5.32 Å². The highest BCUT2D eigenvalue weighted by molar-refractivity contribution is 7.91. The number of fused-ring (bicyclic) bond motifs is 1. The molecule has 3 N–H and O–H groups in total. The van der Waals surface area contributed by atoms with Gasteiger partial charge in [-0.15, -0.1) is 12.4 Å². The van der Waals surface area contributed by atoms with E-state index in [0.717, 1.165) is 5.56 Å². The number of nitrogens with two attached hydrogens (primary N) is 1. The molecule has 28 heavy (non-hydrogen) atoms. The Morgan fingerprint density at radius 1 is 1.07 bits per heavy atom. The third-order valence-corrected chi connectivity index (χ3v) is 5.93. The standard InChI is InChI=1S/C19H22N2O5S.ClH/c20-16(14-4-2-1-3-5-14)13-21-19(22)8-11-27(23,24)15-6-7-17-18(12-15)26-10-9-25-17;/h1-7,12,16H,8-11,13,20H2,(H,21,22);1H. The Bertz CT molecular complexity index is 906. The highest BCUT2D eigenvalue weighted by Gasteiger charge is 2.20. The predicted molar refractivity (Wildman–Crippen MR) is 108 cm³/mol. The van der Waals surface area contributed by atoms with Crippen LogP contribution in [0.4, 0.5) is 0 Å². The number of sulfone groups is 1. The van der Waals surface area contributed by atoms with E-state index >= 15 is 0 Å². The van der Waals surface area contributed by atoms with Crippen molar-refractivity contribution in [2.24, 2.45) is 5.73 Å². The maximum Gasteiger partial charge on any atom is 0.221 e. The summed E-state index contributed by atoms with van der Waals surface area (Å²) >= 11 is 0. The van der Waals surface area contributed by atoms with Gasteiger partial charge in [0.2, 0.25) is 5.91 Å². The molecule has 3 rings (SSSR count). The van der Waals surface area contributed by atoms with Crippen LogP contribution < -0.4 is 20.5 Å². The largest absolute Gasteiger partial charge is 0.486 e. The van der Waals surface area contributed by atoms with E-state index < -0.39 is 9.84 Å². The topological polar surface area (TPSA) is 108 Å². The SMILES string of the molecule is Cl.NC(CNC(=O)CCS(=O)(=O)c1ccc2c(c1)OCCO2)c1ccccc1. The van der Waals surface area contributed by atoms with Crippen LogP contribution in [0.25, 0.3) is 0 Å². The van der Waals surface area contributed by atoms with Gasteiger partial charge in [-0.1, -0.05) is 30.3 Å². The first kappa shape index (κ1) is 22.0. The zero-order valence-corrected chi connectivity index (χ0v) is 16.8. The molecule has 0 aliphatic carbocycles. The van der Waals surface area contributed by atoms with Crippen LogP contribution in [0.15, 0.2) is 53.4 Å². The zero-order valence-electron chi connectivity index (χ0n) is 15.2. The molecular formula is C19H23ClN2O5S. The van der Waals surface area contributed by atoms with Crippen molar-refractivity contribution in [2.75, 3.05) is 25.5 Å². The average molecular weight is 427 g/mol. The highest BCUT2D eigenvalue weighted by Crippen LogP contribution is 2.32. The summed E-state index contributed by atoms with van der Waals surface area (Å²) in [6, 6.07) is 13.5. The number of carbonyl (C=O) groups excluding carboxylic acids is 1. The quantitative estimate of drug-likeness (QED) is 0.699. The molecule has 0 fully saturated rings. The fourth-order valence-electron chi connectivity index (χ4n) is 2.69. The number of amides is 1. The summed E-state index contributed by atoms with van der Waals surface area (Å²) in [6.45, 7) is 1.05. The summed E-state index contributed by atoms with van der Waals surface area (Å²) in [5.41, 5.74) is 6.93. The molecule has 0 aromatic heterocycles. The molecule has 1 unspecified atom stereocenters. The van der Waals surface area contributed by atoms with Gasteiger partial charge in [0.15, 0.2) is 21.3 Å². The van der Waals surface area contributed by atoms with Crippen LogP contribution in [-0.2, 0) is 14.6 Å². The summed E-state index contributed by atoms with van der Waals surface area (Å²) < 4.78 is 35.8. The van der Waals surface area contributed by atoms with Gasteiger partial charge in [-0.05, 0) is 17.7 Å². The lowest BCUT2D eigenvalue weighted by atomic mass is 10.1. The number of rotatable bonds is 7. The van der Waals surface area contributed by atoms with Crippen LogP contribution in [-0.4, -0.2) is 39.8 Å². The van der Waals surface area contributed by atoms with Gasteiger partial charge in [0.1, 0.15) is 13.2 Å².